The van der Waals surface area contributed by atoms with Gasteiger partial charge in [-0.2, -0.15) is 28.2 Å². The highest BCUT2D eigenvalue weighted by Crippen LogP contribution is 2.26. The molecule has 1 fully saturated rings. The number of carbonyl (C=O) groups excluding carboxylic acids is 1. The first kappa shape index (κ1) is 11.8. The van der Waals surface area contributed by atoms with Crippen LogP contribution in [0.5, 0.6) is 0 Å². The Bertz CT molecular complexity index is 530. The fourth-order valence-electron chi connectivity index (χ4n) is 1.89. The monoisotopic (exact) mass is 280 g/mol. The summed E-state index contributed by atoms with van der Waals surface area (Å²) in [6.45, 7) is 0. The average Bonchev–Trinajstić information content (AvgIpc) is 3.11. The van der Waals surface area contributed by atoms with Crippen molar-refractivity contribution < 1.29 is 9.53 Å². The van der Waals surface area contributed by atoms with Crippen molar-refractivity contribution in [3.8, 4) is 11.3 Å². The molecule has 3 rings (SSSR count). The maximum absolute atomic E-state index is 12.1. The number of carbonyl (C=O) groups is 1. The normalized spacial score (nSPS) is 19.0. The molecule has 0 spiro atoms. The highest BCUT2D eigenvalue weighted by Gasteiger charge is 2.23. The van der Waals surface area contributed by atoms with Crippen molar-refractivity contribution in [3.05, 3.63) is 28.6 Å². The fraction of sp³-hybridized carbons (Fsp3) is 0.333. The topological polar surface area (TPSA) is 55.0 Å². The van der Waals surface area contributed by atoms with E-state index in [0.717, 1.165) is 29.2 Å². The Morgan fingerprint density at radius 2 is 2.50 bits per heavy atom. The molecule has 1 saturated heterocycles. The predicted octanol–water partition coefficient (Wildman–Crippen LogP) is 2.80. The summed E-state index contributed by atoms with van der Waals surface area (Å²) in [7, 11) is 0. The number of aromatic nitrogens is 2. The number of thioether (sulfide) groups is 1. The number of esters is 1. The second-order valence-electron chi connectivity index (χ2n) is 4.06. The SMILES string of the molecule is O=C(O[C@H]1CCSC1)c1cn[nH]c1-c1ccsc1. The van der Waals surface area contributed by atoms with Gasteiger partial charge in [-0.3, -0.25) is 5.10 Å². The number of hydrogen-bond donors (Lipinski definition) is 1. The van der Waals surface area contributed by atoms with Crippen LogP contribution in [-0.2, 0) is 4.74 Å². The summed E-state index contributed by atoms with van der Waals surface area (Å²) in [6.07, 6.45) is 2.53. The molecule has 2 aromatic heterocycles. The molecule has 3 heterocycles. The van der Waals surface area contributed by atoms with E-state index in [-0.39, 0.29) is 12.1 Å². The molecule has 0 aliphatic carbocycles. The van der Waals surface area contributed by atoms with Crippen molar-refractivity contribution in [1.29, 1.82) is 0 Å². The van der Waals surface area contributed by atoms with Crippen LogP contribution in [0, 0.1) is 0 Å². The maximum Gasteiger partial charge on any atom is 0.342 e. The lowest BCUT2D eigenvalue weighted by atomic mass is 10.1. The molecule has 1 N–H and O–H groups in total. The van der Waals surface area contributed by atoms with Gasteiger partial charge in [0.15, 0.2) is 0 Å². The quantitative estimate of drug-likeness (QED) is 0.878. The minimum absolute atomic E-state index is 0.0488. The van der Waals surface area contributed by atoms with E-state index in [0.29, 0.717) is 5.56 Å². The van der Waals surface area contributed by atoms with Gasteiger partial charge in [0, 0.05) is 16.7 Å². The number of rotatable bonds is 3. The third-order valence-corrected chi connectivity index (χ3v) is 4.65. The van der Waals surface area contributed by atoms with Gasteiger partial charge in [-0.05, 0) is 23.6 Å². The highest BCUT2D eigenvalue weighted by atomic mass is 32.2. The van der Waals surface area contributed by atoms with Crippen LogP contribution in [0.3, 0.4) is 0 Å². The van der Waals surface area contributed by atoms with E-state index in [1.165, 1.54) is 6.20 Å². The van der Waals surface area contributed by atoms with E-state index in [9.17, 15) is 4.79 Å². The van der Waals surface area contributed by atoms with Gasteiger partial charge in [0.05, 0.1) is 11.9 Å². The first-order valence-corrected chi connectivity index (χ1v) is 7.79. The summed E-state index contributed by atoms with van der Waals surface area (Å²) < 4.78 is 5.48. The molecular formula is C12H12N2O2S2. The number of nitrogens with zero attached hydrogens (tertiary/aromatic N) is 1. The highest BCUT2D eigenvalue weighted by molar-refractivity contribution is 7.99. The van der Waals surface area contributed by atoms with E-state index < -0.39 is 0 Å². The zero-order chi connectivity index (χ0) is 12.4. The Kier molecular flexibility index (Phi) is 3.38. The number of H-pyrrole nitrogens is 1. The standard InChI is InChI=1S/C12H12N2O2S2/c15-12(16-9-2-4-18-7-9)10-5-13-14-11(10)8-1-3-17-6-8/h1,3,5-6,9H,2,4,7H2,(H,13,14)/t9-/m0/s1. The lowest BCUT2D eigenvalue weighted by Crippen LogP contribution is -2.17. The number of nitrogens with one attached hydrogen (secondary N) is 1. The zero-order valence-corrected chi connectivity index (χ0v) is 11.2. The lowest BCUT2D eigenvalue weighted by Gasteiger charge is -2.10. The van der Waals surface area contributed by atoms with Gasteiger partial charge >= 0.3 is 5.97 Å². The Morgan fingerprint density at radius 1 is 1.56 bits per heavy atom. The van der Waals surface area contributed by atoms with E-state index >= 15 is 0 Å². The minimum Gasteiger partial charge on any atom is -0.458 e. The fourth-order valence-corrected chi connectivity index (χ4v) is 3.63. The van der Waals surface area contributed by atoms with Crippen molar-refractivity contribution >= 4 is 29.1 Å². The van der Waals surface area contributed by atoms with E-state index in [2.05, 4.69) is 10.2 Å². The molecule has 0 unspecified atom stereocenters. The second kappa shape index (κ2) is 5.16. The largest absolute Gasteiger partial charge is 0.458 e. The summed E-state index contributed by atoms with van der Waals surface area (Å²) in [4.78, 5) is 12.1. The summed E-state index contributed by atoms with van der Waals surface area (Å²) >= 11 is 3.41. The van der Waals surface area contributed by atoms with Gasteiger partial charge < -0.3 is 4.74 Å². The van der Waals surface area contributed by atoms with Crippen LogP contribution in [0.1, 0.15) is 16.8 Å². The number of thiophene rings is 1. The van der Waals surface area contributed by atoms with Crippen LogP contribution < -0.4 is 0 Å². The first-order chi connectivity index (χ1) is 8.84. The van der Waals surface area contributed by atoms with Gasteiger partial charge in [0.25, 0.3) is 0 Å². The predicted molar refractivity (Wildman–Crippen MR) is 73.0 cm³/mol. The second-order valence-corrected chi connectivity index (χ2v) is 5.99. The molecule has 1 aliphatic heterocycles. The Hall–Kier alpha value is -1.27. The van der Waals surface area contributed by atoms with Crippen molar-refractivity contribution in [2.24, 2.45) is 0 Å². The molecule has 0 aromatic carbocycles. The Labute approximate surface area is 113 Å². The average molecular weight is 280 g/mol. The van der Waals surface area contributed by atoms with Gasteiger partial charge in [0.2, 0.25) is 0 Å². The molecule has 94 valence electrons. The molecule has 0 bridgehead atoms. The number of ether oxygens (including phenoxy) is 1. The smallest absolute Gasteiger partial charge is 0.342 e. The summed E-state index contributed by atoms with van der Waals surface area (Å²) in [5.41, 5.74) is 2.24. The molecule has 1 aliphatic rings. The van der Waals surface area contributed by atoms with Crippen LogP contribution in [0.2, 0.25) is 0 Å². The molecule has 6 heteroatoms. The maximum atomic E-state index is 12.1. The third kappa shape index (κ3) is 2.30. The van der Waals surface area contributed by atoms with Gasteiger partial charge in [-0.25, -0.2) is 4.79 Å². The van der Waals surface area contributed by atoms with Crippen molar-refractivity contribution in [2.45, 2.75) is 12.5 Å². The van der Waals surface area contributed by atoms with E-state index in [1.807, 2.05) is 28.6 Å². The minimum atomic E-state index is -0.280. The molecule has 1 atom stereocenters. The van der Waals surface area contributed by atoms with E-state index in [1.54, 1.807) is 11.3 Å². The number of aromatic amines is 1. The van der Waals surface area contributed by atoms with E-state index in [4.69, 9.17) is 4.74 Å². The third-order valence-electron chi connectivity index (χ3n) is 2.83. The molecule has 18 heavy (non-hydrogen) atoms. The zero-order valence-electron chi connectivity index (χ0n) is 9.59. The van der Waals surface area contributed by atoms with Crippen LogP contribution in [0.4, 0.5) is 0 Å². The van der Waals surface area contributed by atoms with Crippen molar-refractivity contribution in [3.63, 3.8) is 0 Å². The Balaban J connectivity index is 1.79. The molecule has 2 aromatic rings. The Morgan fingerprint density at radius 3 is 3.22 bits per heavy atom. The van der Waals surface area contributed by atoms with Crippen molar-refractivity contribution in [1.82, 2.24) is 10.2 Å². The van der Waals surface area contributed by atoms with Crippen LogP contribution in [-0.4, -0.2) is 33.8 Å². The number of hydrogen-bond acceptors (Lipinski definition) is 5. The molecule has 0 saturated carbocycles. The van der Waals surface area contributed by atoms with Crippen LogP contribution >= 0.6 is 23.1 Å². The molecule has 0 amide bonds. The van der Waals surface area contributed by atoms with Crippen LogP contribution in [0.25, 0.3) is 11.3 Å². The molecular weight excluding hydrogens is 268 g/mol. The summed E-state index contributed by atoms with van der Waals surface area (Å²) in [6, 6.07) is 1.96. The van der Waals surface area contributed by atoms with Gasteiger partial charge in [-0.1, -0.05) is 0 Å². The molecule has 4 nitrogen and oxygen atoms in total. The van der Waals surface area contributed by atoms with Crippen LogP contribution in [0.15, 0.2) is 23.0 Å². The summed E-state index contributed by atoms with van der Waals surface area (Å²) in [5.74, 6) is 1.69. The lowest BCUT2D eigenvalue weighted by molar-refractivity contribution is 0.0358. The van der Waals surface area contributed by atoms with Crippen molar-refractivity contribution in [2.75, 3.05) is 11.5 Å². The summed E-state index contributed by atoms with van der Waals surface area (Å²) in [5, 5.41) is 10.8. The molecule has 0 radical (unpaired) electrons. The first-order valence-electron chi connectivity index (χ1n) is 5.69. The van der Waals surface area contributed by atoms with Gasteiger partial charge in [-0.15, -0.1) is 0 Å². The van der Waals surface area contributed by atoms with Gasteiger partial charge in [0.1, 0.15) is 11.7 Å².